The van der Waals surface area contributed by atoms with Gasteiger partial charge in [-0.05, 0) is 0 Å². The van der Waals surface area contributed by atoms with Gasteiger partial charge in [-0.15, -0.1) is 0 Å². The van der Waals surface area contributed by atoms with Gasteiger partial charge in [0.15, 0.2) is 6.10 Å². The topological polar surface area (TPSA) is 216 Å². The molecule has 0 bridgehead atoms. The second kappa shape index (κ2) is 8.64. The lowest BCUT2D eigenvalue weighted by Gasteiger charge is -2.49. The van der Waals surface area contributed by atoms with E-state index in [0.29, 0.717) is 6.08 Å². The Morgan fingerprint density at radius 1 is 0.929 bits per heavy atom. The number of carbonyl (C=O) groups excluding carboxylic acids is 1. The zero-order valence-corrected chi connectivity index (χ0v) is 14.6. The first kappa shape index (κ1) is 23.1. The average Bonchev–Trinajstić information content (AvgIpc) is 2.93. The molecular weight excluding hydrogens is 388 g/mol. The highest BCUT2D eigenvalue weighted by molar-refractivity contribution is 5.81. The number of carbonyl (C=O) groups is 1. The fourth-order valence-electron chi connectivity index (χ4n) is 2.98. The van der Waals surface area contributed by atoms with Gasteiger partial charge in [0.2, 0.25) is 5.79 Å². The summed E-state index contributed by atoms with van der Waals surface area (Å²) in [6.45, 7) is 0.242. The molecule has 2 fully saturated rings. The Labute approximate surface area is 158 Å². The van der Waals surface area contributed by atoms with Crippen LogP contribution >= 0.6 is 0 Å². The summed E-state index contributed by atoms with van der Waals surface area (Å²) in [6.07, 6.45) is -12.4. The highest BCUT2D eigenvalue weighted by atomic mass is 16.9. The molecule has 2 saturated heterocycles. The van der Waals surface area contributed by atoms with Crippen LogP contribution in [-0.2, 0) is 23.7 Å². The number of hydrogen-bond acceptors (Lipinski definition) is 13. The second-order valence-corrected chi connectivity index (χ2v) is 6.34. The average molecular weight is 412 g/mol. The Kier molecular flexibility index (Phi) is 7.12. The van der Waals surface area contributed by atoms with Crippen molar-refractivity contribution >= 4 is 5.97 Å². The molecule has 2 heterocycles. The van der Waals surface area contributed by atoms with E-state index < -0.39 is 80.3 Å². The molecule has 8 N–H and O–H groups in total. The molecule has 0 aromatic rings. The molecule has 0 saturated carbocycles. The van der Waals surface area contributed by atoms with E-state index in [4.69, 9.17) is 18.9 Å². The number of rotatable bonds is 7. The lowest BCUT2D eigenvalue weighted by molar-refractivity contribution is -0.497. The van der Waals surface area contributed by atoms with E-state index in [1.54, 1.807) is 0 Å². The van der Waals surface area contributed by atoms with E-state index in [1.807, 2.05) is 0 Å². The third kappa shape index (κ3) is 3.79. The number of aliphatic hydroxyl groups is 8. The Bertz CT molecular complexity index is 570. The number of aliphatic hydroxyl groups excluding tert-OH is 8. The minimum Gasteiger partial charge on any atom is -0.402 e. The van der Waals surface area contributed by atoms with Crippen LogP contribution in [0.15, 0.2) is 12.7 Å². The lowest BCUT2D eigenvalue weighted by Crippen LogP contribution is -2.70. The molecule has 1 unspecified atom stereocenters. The van der Waals surface area contributed by atoms with E-state index in [1.165, 1.54) is 0 Å². The monoisotopic (exact) mass is 412 g/mol. The van der Waals surface area contributed by atoms with Gasteiger partial charge < -0.3 is 55.1 Å². The molecule has 13 nitrogen and oxygen atoms in total. The molecule has 0 radical (unpaired) electrons. The molecular formula is C15H24O13. The van der Waals surface area contributed by atoms with Gasteiger partial charge in [0.1, 0.15) is 43.2 Å². The SMILES string of the molecule is C=CC(=O)O[C@@]1(OC2(CO)O[C@H](CO)[C@@H](O)[C@@H]2O)O[C@H](CO)[C@@H](O)[C@H](O)[C@H]1O. The first-order chi connectivity index (χ1) is 13.1. The van der Waals surface area contributed by atoms with Crippen LogP contribution in [0.1, 0.15) is 0 Å². The standard InChI is InChI=1S/C15H24O13/c1-2-8(19)27-15(13(24)11(22)9(20)6(3-16)26-15)28-14(5-18)12(23)10(21)7(4-17)25-14/h2,6-7,9-13,16-18,20-24H,1,3-5H2/t6-,7-,9-,10-,11+,12+,13-,14?,15+/m1/s1. The van der Waals surface area contributed by atoms with E-state index in [-0.39, 0.29) is 0 Å². The third-order valence-electron chi connectivity index (χ3n) is 4.54. The molecule has 28 heavy (non-hydrogen) atoms. The van der Waals surface area contributed by atoms with E-state index >= 15 is 0 Å². The van der Waals surface area contributed by atoms with Crippen molar-refractivity contribution in [3.8, 4) is 0 Å². The van der Waals surface area contributed by atoms with Crippen LogP contribution < -0.4 is 0 Å². The molecule has 0 aromatic carbocycles. The van der Waals surface area contributed by atoms with Gasteiger partial charge in [-0.2, -0.15) is 0 Å². The zero-order chi connectivity index (χ0) is 21.3. The summed E-state index contributed by atoms with van der Waals surface area (Å²) >= 11 is 0. The van der Waals surface area contributed by atoms with Crippen LogP contribution in [0.3, 0.4) is 0 Å². The van der Waals surface area contributed by atoms with Crippen LogP contribution in [0.25, 0.3) is 0 Å². The van der Waals surface area contributed by atoms with E-state index in [9.17, 15) is 45.6 Å². The molecule has 0 amide bonds. The Balaban J connectivity index is 2.48. The fraction of sp³-hybridized carbons (Fsp3) is 0.800. The largest absolute Gasteiger partial charge is 0.402 e. The summed E-state index contributed by atoms with van der Waals surface area (Å²) < 4.78 is 20.5. The highest BCUT2D eigenvalue weighted by Crippen LogP contribution is 2.41. The maximum absolute atomic E-state index is 11.8. The van der Waals surface area contributed by atoms with Crippen molar-refractivity contribution in [3.63, 3.8) is 0 Å². The summed E-state index contributed by atoms with van der Waals surface area (Å²) in [7, 11) is 0. The molecule has 2 aliphatic rings. The van der Waals surface area contributed by atoms with Crippen LogP contribution in [0.5, 0.6) is 0 Å². The number of hydrogen-bond donors (Lipinski definition) is 8. The van der Waals surface area contributed by atoms with Gasteiger partial charge in [-0.25, -0.2) is 4.79 Å². The number of esters is 1. The smallest absolute Gasteiger partial charge is 0.362 e. The van der Waals surface area contributed by atoms with Gasteiger partial charge in [0, 0.05) is 6.08 Å². The van der Waals surface area contributed by atoms with Gasteiger partial charge in [-0.1, -0.05) is 6.58 Å². The minimum atomic E-state index is -3.01. The van der Waals surface area contributed by atoms with Crippen molar-refractivity contribution < 1.29 is 64.6 Å². The zero-order valence-electron chi connectivity index (χ0n) is 14.6. The highest BCUT2D eigenvalue weighted by Gasteiger charge is 2.65. The fourth-order valence-corrected chi connectivity index (χ4v) is 2.98. The van der Waals surface area contributed by atoms with Gasteiger partial charge in [-0.3, -0.25) is 4.74 Å². The first-order valence-corrected chi connectivity index (χ1v) is 8.25. The van der Waals surface area contributed by atoms with Gasteiger partial charge in [0.25, 0.3) is 0 Å². The molecule has 162 valence electrons. The summed E-state index contributed by atoms with van der Waals surface area (Å²) in [4.78, 5) is 11.8. The number of ether oxygens (including phenoxy) is 4. The minimum absolute atomic E-state index is 0.634. The van der Waals surface area contributed by atoms with Gasteiger partial charge >= 0.3 is 11.9 Å². The van der Waals surface area contributed by atoms with Crippen molar-refractivity contribution in [3.05, 3.63) is 12.7 Å². The quantitative estimate of drug-likeness (QED) is 0.111. The maximum atomic E-state index is 11.8. The lowest BCUT2D eigenvalue weighted by atomic mass is 9.97. The predicted molar refractivity (Wildman–Crippen MR) is 83.9 cm³/mol. The molecule has 2 aliphatic heterocycles. The molecule has 2 rings (SSSR count). The predicted octanol–water partition coefficient (Wildman–Crippen LogP) is -5.34. The van der Waals surface area contributed by atoms with Crippen molar-refractivity contribution in [2.75, 3.05) is 19.8 Å². The van der Waals surface area contributed by atoms with Crippen LogP contribution in [0.2, 0.25) is 0 Å². The Hall–Kier alpha value is -1.23. The van der Waals surface area contributed by atoms with E-state index in [0.717, 1.165) is 0 Å². The molecule has 13 heteroatoms. The summed E-state index contributed by atoms with van der Waals surface area (Å²) in [5.74, 6) is -6.85. The van der Waals surface area contributed by atoms with Crippen molar-refractivity contribution in [2.24, 2.45) is 0 Å². The van der Waals surface area contributed by atoms with Crippen LogP contribution in [0, 0.1) is 0 Å². The maximum Gasteiger partial charge on any atom is 0.362 e. The summed E-state index contributed by atoms with van der Waals surface area (Å²) in [6, 6.07) is 0. The summed E-state index contributed by atoms with van der Waals surface area (Å²) in [5.41, 5.74) is 0. The van der Waals surface area contributed by atoms with Crippen molar-refractivity contribution in [1.82, 2.24) is 0 Å². The van der Waals surface area contributed by atoms with Crippen LogP contribution in [-0.4, -0.2) is 121 Å². The third-order valence-corrected chi connectivity index (χ3v) is 4.54. The van der Waals surface area contributed by atoms with E-state index in [2.05, 4.69) is 6.58 Å². The first-order valence-electron chi connectivity index (χ1n) is 8.25. The Morgan fingerprint density at radius 2 is 1.50 bits per heavy atom. The molecule has 0 aromatic heterocycles. The molecule has 0 aliphatic carbocycles. The van der Waals surface area contributed by atoms with Crippen molar-refractivity contribution in [2.45, 2.75) is 54.5 Å². The molecule has 0 spiro atoms. The van der Waals surface area contributed by atoms with Crippen LogP contribution in [0.4, 0.5) is 0 Å². The van der Waals surface area contributed by atoms with Crippen molar-refractivity contribution in [1.29, 1.82) is 0 Å². The van der Waals surface area contributed by atoms with Gasteiger partial charge in [0.05, 0.1) is 13.2 Å². The summed E-state index contributed by atoms with van der Waals surface area (Å²) in [5, 5.41) is 78.8. The normalized spacial score (nSPS) is 46.4. The second-order valence-electron chi connectivity index (χ2n) is 6.34. The molecule has 9 atom stereocenters. The Morgan fingerprint density at radius 3 is 1.96 bits per heavy atom.